The summed E-state index contributed by atoms with van der Waals surface area (Å²) in [7, 11) is 2.01. The van der Waals surface area contributed by atoms with E-state index in [9.17, 15) is 0 Å². The van der Waals surface area contributed by atoms with Crippen LogP contribution in [0.25, 0.3) is 0 Å². The Labute approximate surface area is 67.7 Å². The van der Waals surface area contributed by atoms with Gasteiger partial charge in [-0.1, -0.05) is 0 Å². The molecule has 0 aromatic rings. The van der Waals surface area contributed by atoms with Crippen molar-refractivity contribution in [3.63, 3.8) is 0 Å². The minimum atomic E-state index is 0.356. The molecule has 2 saturated heterocycles. The van der Waals surface area contributed by atoms with Crippen molar-refractivity contribution < 1.29 is 4.74 Å². The molecule has 0 aromatic heterocycles. The van der Waals surface area contributed by atoms with E-state index in [1.807, 2.05) is 7.05 Å². The first-order valence-corrected chi connectivity index (χ1v) is 4.40. The first-order valence-electron chi connectivity index (χ1n) is 4.40. The van der Waals surface area contributed by atoms with Crippen molar-refractivity contribution in [1.29, 1.82) is 0 Å². The number of hydrazine groups is 1. The second kappa shape index (κ2) is 2.73. The zero-order valence-corrected chi connectivity index (χ0v) is 7.10. The molecule has 1 atom stereocenters. The summed E-state index contributed by atoms with van der Waals surface area (Å²) < 4.78 is 5.43. The third-order valence-electron chi connectivity index (χ3n) is 2.95. The zero-order chi connectivity index (χ0) is 7.73. The van der Waals surface area contributed by atoms with Crippen molar-refractivity contribution in [2.75, 3.05) is 26.8 Å². The lowest BCUT2D eigenvalue weighted by Crippen LogP contribution is -2.50. The van der Waals surface area contributed by atoms with Gasteiger partial charge in [0, 0.05) is 13.2 Å². The molecule has 3 nitrogen and oxygen atoms in total. The van der Waals surface area contributed by atoms with E-state index in [0.29, 0.717) is 5.54 Å². The van der Waals surface area contributed by atoms with E-state index >= 15 is 0 Å². The Bertz CT molecular complexity index is 138. The Morgan fingerprint density at radius 1 is 1.45 bits per heavy atom. The Hall–Kier alpha value is -0.120. The summed E-state index contributed by atoms with van der Waals surface area (Å²) in [6, 6.07) is 0. The second-order valence-electron chi connectivity index (χ2n) is 3.51. The molecule has 1 spiro atoms. The lowest BCUT2D eigenvalue weighted by molar-refractivity contribution is 0.0684. The standard InChI is InChI=1S/C8H16N2O/c1-9-10-5-2-3-8(10)4-6-11-7-8/h9H,2-7H2,1H3. The van der Waals surface area contributed by atoms with Gasteiger partial charge in [-0.25, -0.2) is 5.01 Å². The fourth-order valence-electron chi connectivity index (χ4n) is 2.29. The average Bonchev–Trinajstić information content (AvgIpc) is 2.62. The van der Waals surface area contributed by atoms with E-state index in [-0.39, 0.29) is 0 Å². The smallest absolute Gasteiger partial charge is 0.0664 e. The molecule has 2 fully saturated rings. The molecule has 2 heterocycles. The molecule has 2 aliphatic heterocycles. The van der Waals surface area contributed by atoms with Crippen molar-refractivity contribution in [2.45, 2.75) is 24.8 Å². The highest BCUT2D eigenvalue weighted by Crippen LogP contribution is 2.34. The monoisotopic (exact) mass is 156 g/mol. The largest absolute Gasteiger partial charge is 0.379 e. The predicted molar refractivity (Wildman–Crippen MR) is 43.2 cm³/mol. The van der Waals surface area contributed by atoms with Crippen LogP contribution in [0.1, 0.15) is 19.3 Å². The lowest BCUT2D eigenvalue weighted by Gasteiger charge is -2.32. The van der Waals surface area contributed by atoms with Gasteiger partial charge in [-0.2, -0.15) is 0 Å². The first kappa shape index (κ1) is 7.53. The van der Waals surface area contributed by atoms with Gasteiger partial charge in [0.25, 0.3) is 0 Å². The molecule has 64 valence electrons. The normalized spacial score (nSPS) is 39.0. The number of ether oxygens (including phenoxy) is 1. The van der Waals surface area contributed by atoms with Gasteiger partial charge >= 0.3 is 0 Å². The highest BCUT2D eigenvalue weighted by Gasteiger charge is 2.43. The summed E-state index contributed by atoms with van der Waals surface area (Å²) in [5.41, 5.74) is 3.61. The predicted octanol–water partition coefficient (Wildman–Crippen LogP) is 0.376. The average molecular weight is 156 g/mol. The summed E-state index contributed by atoms with van der Waals surface area (Å²) in [4.78, 5) is 0. The summed E-state index contributed by atoms with van der Waals surface area (Å²) >= 11 is 0. The molecular formula is C8H16N2O. The number of nitrogens with one attached hydrogen (secondary N) is 1. The molecule has 1 unspecified atom stereocenters. The maximum atomic E-state index is 5.43. The van der Waals surface area contributed by atoms with Crippen LogP contribution < -0.4 is 5.43 Å². The van der Waals surface area contributed by atoms with E-state index in [4.69, 9.17) is 4.74 Å². The first-order chi connectivity index (χ1) is 5.37. The molecule has 0 aromatic carbocycles. The van der Waals surface area contributed by atoms with Crippen LogP contribution in [-0.2, 0) is 4.74 Å². The molecule has 2 rings (SSSR count). The summed E-state index contributed by atoms with van der Waals surface area (Å²) in [6.07, 6.45) is 3.81. The quantitative estimate of drug-likeness (QED) is 0.594. The van der Waals surface area contributed by atoms with Crippen LogP contribution >= 0.6 is 0 Å². The lowest BCUT2D eigenvalue weighted by atomic mass is 9.97. The summed E-state index contributed by atoms with van der Waals surface area (Å²) in [5, 5.41) is 2.35. The Kier molecular flexibility index (Phi) is 1.87. The third kappa shape index (κ3) is 1.08. The fraction of sp³-hybridized carbons (Fsp3) is 1.00. The molecular weight excluding hydrogens is 140 g/mol. The molecule has 1 N–H and O–H groups in total. The topological polar surface area (TPSA) is 24.5 Å². The van der Waals surface area contributed by atoms with Gasteiger partial charge < -0.3 is 4.74 Å². The SMILES string of the molecule is CNN1CCCC12CCOC2. The van der Waals surface area contributed by atoms with Gasteiger partial charge in [-0.3, -0.25) is 5.43 Å². The van der Waals surface area contributed by atoms with Gasteiger partial charge in [-0.15, -0.1) is 0 Å². The molecule has 0 amide bonds. The minimum absolute atomic E-state index is 0.356. The molecule has 0 radical (unpaired) electrons. The molecule has 0 bridgehead atoms. The molecule has 3 heteroatoms. The van der Waals surface area contributed by atoms with Crippen LogP contribution in [-0.4, -0.2) is 37.4 Å². The van der Waals surface area contributed by atoms with Crippen molar-refractivity contribution >= 4 is 0 Å². The van der Waals surface area contributed by atoms with Gasteiger partial charge in [0.15, 0.2) is 0 Å². The van der Waals surface area contributed by atoms with Gasteiger partial charge in [0.05, 0.1) is 12.1 Å². The molecule has 0 aliphatic carbocycles. The minimum Gasteiger partial charge on any atom is -0.379 e. The fourth-order valence-corrected chi connectivity index (χ4v) is 2.29. The molecule has 0 saturated carbocycles. The third-order valence-corrected chi connectivity index (χ3v) is 2.95. The van der Waals surface area contributed by atoms with Crippen LogP contribution in [0.5, 0.6) is 0 Å². The highest BCUT2D eigenvalue weighted by molar-refractivity contribution is 4.96. The zero-order valence-electron chi connectivity index (χ0n) is 7.10. The van der Waals surface area contributed by atoms with E-state index in [1.165, 1.54) is 25.8 Å². The van der Waals surface area contributed by atoms with E-state index < -0.39 is 0 Å². The molecule has 11 heavy (non-hydrogen) atoms. The van der Waals surface area contributed by atoms with E-state index in [0.717, 1.165) is 13.2 Å². The van der Waals surface area contributed by atoms with Crippen LogP contribution in [0.3, 0.4) is 0 Å². The van der Waals surface area contributed by atoms with Crippen molar-refractivity contribution in [3.05, 3.63) is 0 Å². The highest BCUT2D eigenvalue weighted by atomic mass is 16.5. The Morgan fingerprint density at radius 2 is 2.36 bits per heavy atom. The van der Waals surface area contributed by atoms with Crippen LogP contribution in [0, 0.1) is 0 Å². The maximum absolute atomic E-state index is 5.43. The maximum Gasteiger partial charge on any atom is 0.0664 e. The Morgan fingerprint density at radius 3 is 3.00 bits per heavy atom. The second-order valence-corrected chi connectivity index (χ2v) is 3.51. The van der Waals surface area contributed by atoms with Crippen molar-refractivity contribution in [2.24, 2.45) is 0 Å². The van der Waals surface area contributed by atoms with Crippen LogP contribution in [0.15, 0.2) is 0 Å². The Balaban J connectivity index is 2.09. The van der Waals surface area contributed by atoms with Crippen molar-refractivity contribution in [1.82, 2.24) is 10.4 Å². The van der Waals surface area contributed by atoms with Gasteiger partial charge in [0.1, 0.15) is 0 Å². The van der Waals surface area contributed by atoms with E-state index in [1.54, 1.807) is 0 Å². The molecule has 2 aliphatic rings. The van der Waals surface area contributed by atoms with Crippen LogP contribution in [0.4, 0.5) is 0 Å². The summed E-state index contributed by atoms with van der Waals surface area (Å²) in [6.45, 7) is 3.05. The number of hydrogen-bond acceptors (Lipinski definition) is 3. The van der Waals surface area contributed by atoms with Gasteiger partial charge in [0.2, 0.25) is 0 Å². The number of hydrogen-bond donors (Lipinski definition) is 1. The van der Waals surface area contributed by atoms with E-state index in [2.05, 4.69) is 10.4 Å². The van der Waals surface area contributed by atoms with Gasteiger partial charge in [-0.05, 0) is 26.3 Å². The summed E-state index contributed by atoms with van der Waals surface area (Å²) in [5.74, 6) is 0. The number of nitrogens with zero attached hydrogens (tertiary/aromatic N) is 1. The number of rotatable bonds is 1. The van der Waals surface area contributed by atoms with Crippen LogP contribution in [0.2, 0.25) is 0 Å². The van der Waals surface area contributed by atoms with Crippen molar-refractivity contribution in [3.8, 4) is 0 Å².